The lowest BCUT2D eigenvalue weighted by molar-refractivity contribution is -0.137. The number of likely N-dealkylation sites (N-methyl/N-ethyl adjacent to an activating group) is 1. The van der Waals surface area contributed by atoms with E-state index in [1.807, 2.05) is 71.5 Å². The van der Waals surface area contributed by atoms with Gasteiger partial charge < -0.3 is 10.2 Å². The fraction of sp³-hybridized carbons (Fsp3) is 0.357. The molecule has 0 atom stereocenters. The topological polar surface area (TPSA) is 87.5 Å². The molecule has 1 aliphatic heterocycles. The Morgan fingerprint density at radius 1 is 0.972 bits per heavy atom. The molecule has 1 saturated carbocycles. The van der Waals surface area contributed by atoms with Crippen LogP contribution in [-0.4, -0.2) is 56.6 Å². The zero-order chi connectivity index (χ0) is 25.1. The van der Waals surface area contributed by atoms with Gasteiger partial charge in [0.15, 0.2) is 0 Å². The maximum atomic E-state index is 13.2. The van der Waals surface area contributed by atoms with Gasteiger partial charge in [-0.1, -0.05) is 79.9 Å². The third kappa shape index (κ3) is 4.51. The molecule has 36 heavy (non-hydrogen) atoms. The molecule has 2 heterocycles. The summed E-state index contributed by atoms with van der Waals surface area (Å²) < 4.78 is 1.87. The number of urea groups is 1. The van der Waals surface area contributed by atoms with Gasteiger partial charge in [-0.05, 0) is 18.4 Å². The van der Waals surface area contributed by atoms with E-state index in [0.29, 0.717) is 19.4 Å². The predicted molar refractivity (Wildman–Crippen MR) is 136 cm³/mol. The highest BCUT2D eigenvalue weighted by molar-refractivity contribution is 6.08. The SMILES string of the molecule is CN1C(=O)N(CC(=O)NCc2cn(Cc3ccccc3)nc2-c2ccccc2)C(=O)C12CCCCC2. The van der Waals surface area contributed by atoms with Gasteiger partial charge in [0.25, 0.3) is 5.91 Å². The zero-order valence-electron chi connectivity index (χ0n) is 20.5. The van der Waals surface area contributed by atoms with Crippen LogP contribution >= 0.6 is 0 Å². The van der Waals surface area contributed by atoms with Gasteiger partial charge in [-0.2, -0.15) is 5.10 Å². The largest absolute Gasteiger partial charge is 0.350 e. The first-order valence-corrected chi connectivity index (χ1v) is 12.5. The Bertz CT molecular complexity index is 1250. The Morgan fingerprint density at radius 3 is 2.33 bits per heavy atom. The van der Waals surface area contributed by atoms with E-state index in [4.69, 9.17) is 5.10 Å². The van der Waals surface area contributed by atoms with E-state index in [-0.39, 0.29) is 24.9 Å². The second kappa shape index (κ2) is 9.97. The van der Waals surface area contributed by atoms with Crippen LogP contribution < -0.4 is 5.32 Å². The van der Waals surface area contributed by atoms with Gasteiger partial charge in [-0.15, -0.1) is 0 Å². The molecule has 2 aromatic carbocycles. The molecule has 8 nitrogen and oxygen atoms in total. The first kappa shape index (κ1) is 23.8. The first-order valence-electron chi connectivity index (χ1n) is 12.5. The van der Waals surface area contributed by atoms with Crippen molar-refractivity contribution < 1.29 is 14.4 Å². The van der Waals surface area contributed by atoms with Crippen molar-refractivity contribution in [3.8, 4) is 11.3 Å². The molecule has 1 aromatic heterocycles. The molecule has 8 heteroatoms. The van der Waals surface area contributed by atoms with Crippen LogP contribution in [0.5, 0.6) is 0 Å². The smallest absolute Gasteiger partial charge is 0.327 e. The molecule has 0 unspecified atom stereocenters. The molecule has 2 aliphatic rings. The second-order valence-corrected chi connectivity index (χ2v) is 9.65. The monoisotopic (exact) mass is 485 g/mol. The van der Waals surface area contributed by atoms with Crippen LogP contribution in [0, 0.1) is 0 Å². The van der Waals surface area contributed by atoms with E-state index in [9.17, 15) is 14.4 Å². The normalized spacial score (nSPS) is 17.1. The summed E-state index contributed by atoms with van der Waals surface area (Å²) in [7, 11) is 1.68. The third-order valence-electron chi connectivity index (χ3n) is 7.33. The van der Waals surface area contributed by atoms with Crippen molar-refractivity contribution in [3.63, 3.8) is 0 Å². The highest BCUT2D eigenvalue weighted by Crippen LogP contribution is 2.39. The molecule has 1 spiro atoms. The molecule has 186 valence electrons. The van der Waals surface area contributed by atoms with E-state index in [0.717, 1.165) is 46.5 Å². The molecular weight excluding hydrogens is 454 g/mol. The quantitative estimate of drug-likeness (QED) is 0.516. The average Bonchev–Trinajstić information content (AvgIpc) is 3.39. The Labute approximate surface area is 210 Å². The Balaban J connectivity index is 1.29. The standard InChI is InChI=1S/C28H31N5O3/c1-31-27(36)33(26(35)28(31)15-9-4-10-16-28)20-24(34)29-17-23-19-32(18-21-11-5-2-6-12-21)30-25(23)22-13-7-3-8-14-22/h2-3,5-8,11-14,19H,4,9-10,15-18,20H2,1H3,(H,29,34). The molecule has 4 amide bonds. The molecule has 0 radical (unpaired) electrons. The molecule has 2 fully saturated rings. The number of hydrogen-bond donors (Lipinski definition) is 1. The van der Waals surface area contributed by atoms with E-state index in [1.54, 1.807) is 11.9 Å². The highest BCUT2D eigenvalue weighted by Gasteiger charge is 2.55. The van der Waals surface area contributed by atoms with Crippen LogP contribution in [0.1, 0.15) is 43.2 Å². The van der Waals surface area contributed by atoms with Crippen LogP contribution in [0.2, 0.25) is 0 Å². The van der Waals surface area contributed by atoms with Gasteiger partial charge in [-0.25, -0.2) is 4.79 Å². The van der Waals surface area contributed by atoms with E-state index >= 15 is 0 Å². The number of carbonyl (C=O) groups is 3. The van der Waals surface area contributed by atoms with Crippen LogP contribution in [-0.2, 0) is 22.7 Å². The number of hydrogen-bond acceptors (Lipinski definition) is 4. The van der Waals surface area contributed by atoms with Crippen molar-refractivity contribution in [3.05, 3.63) is 78.0 Å². The summed E-state index contributed by atoms with van der Waals surface area (Å²) in [6.45, 7) is 0.581. The maximum Gasteiger partial charge on any atom is 0.327 e. The predicted octanol–water partition coefficient (Wildman–Crippen LogP) is 3.81. The molecule has 5 rings (SSSR count). The minimum Gasteiger partial charge on any atom is -0.350 e. The number of nitrogens with zero attached hydrogens (tertiary/aromatic N) is 4. The van der Waals surface area contributed by atoms with Crippen molar-refractivity contribution in [2.75, 3.05) is 13.6 Å². The van der Waals surface area contributed by atoms with Crippen molar-refractivity contribution in [2.24, 2.45) is 0 Å². The molecular formula is C28H31N5O3. The minimum atomic E-state index is -0.783. The number of benzene rings is 2. The lowest BCUT2D eigenvalue weighted by Crippen LogP contribution is -2.49. The zero-order valence-corrected chi connectivity index (χ0v) is 20.5. The summed E-state index contributed by atoms with van der Waals surface area (Å²) in [5.74, 6) is -0.613. The highest BCUT2D eigenvalue weighted by atomic mass is 16.2. The number of carbonyl (C=O) groups excluding carboxylic acids is 3. The van der Waals surface area contributed by atoms with Crippen LogP contribution in [0.4, 0.5) is 4.79 Å². The van der Waals surface area contributed by atoms with Crippen LogP contribution in [0.3, 0.4) is 0 Å². The van der Waals surface area contributed by atoms with Gasteiger partial charge in [0.2, 0.25) is 5.91 Å². The Morgan fingerprint density at radius 2 is 1.64 bits per heavy atom. The number of amides is 4. The molecule has 1 aliphatic carbocycles. The fourth-order valence-corrected chi connectivity index (χ4v) is 5.35. The third-order valence-corrected chi connectivity index (χ3v) is 7.33. The average molecular weight is 486 g/mol. The Hall–Kier alpha value is -3.94. The summed E-state index contributed by atoms with van der Waals surface area (Å²) in [5.41, 5.74) is 2.96. The lowest BCUT2D eigenvalue weighted by atomic mass is 9.81. The van der Waals surface area contributed by atoms with Crippen molar-refractivity contribution in [1.29, 1.82) is 0 Å². The minimum absolute atomic E-state index is 0.245. The van der Waals surface area contributed by atoms with E-state index in [1.165, 1.54) is 0 Å². The maximum absolute atomic E-state index is 13.2. The molecule has 0 bridgehead atoms. The van der Waals surface area contributed by atoms with Crippen molar-refractivity contribution in [1.82, 2.24) is 24.9 Å². The summed E-state index contributed by atoms with van der Waals surface area (Å²) in [6, 6.07) is 19.5. The summed E-state index contributed by atoms with van der Waals surface area (Å²) in [5, 5.41) is 7.69. The molecule has 3 aromatic rings. The van der Waals surface area contributed by atoms with Gasteiger partial charge in [0, 0.05) is 30.9 Å². The van der Waals surface area contributed by atoms with Gasteiger partial charge in [0.05, 0.1) is 12.2 Å². The van der Waals surface area contributed by atoms with Gasteiger partial charge in [0.1, 0.15) is 12.1 Å². The van der Waals surface area contributed by atoms with E-state index in [2.05, 4.69) is 5.32 Å². The van der Waals surface area contributed by atoms with Gasteiger partial charge >= 0.3 is 6.03 Å². The summed E-state index contributed by atoms with van der Waals surface area (Å²) in [6.07, 6.45) is 6.16. The number of imide groups is 1. The Kier molecular flexibility index (Phi) is 6.59. The summed E-state index contributed by atoms with van der Waals surface area (Å²) in [4.78, 5) is 41.6. The van der Waals surface area contributed by atoms with Crippen molar-refractivity contribution >= 4 is 17.8 Å². The fourth-order valence-electron chi connectivity index (χ4n) is 5.35. The molecule has 1 N–H and O–H groups in total. The lowest BCUT2D eigenvalue weighted by Gasteiger charge is -2.35. The second-order valence-electron chi connectivity index (χ2n) is 9.65. The van der Waals surface area contributed by atoms with Gasteiger partial charge in [-0.3, -0.25) is 19.2 Å². The molecule has 1 saturated heterocycles. The van der Waals surface area contributed by atoms with Crippen molar-refractivity contribution in [2.45, 2.75) is 50.7 Å². The van der Waals surface area contributed by atoms with Crippen LogP contribution in [0.25, 0.3) is 11.3 Å². The van der Waals surface area contributed by atoms with E-state index < -0.39 is 11.6 Å². The number of aromatic nitrogens is 2. The first-order chi connectivity index (χ1) is 17.5. The number of nitrogens with one attached hydrogen (secondary N) is 1. The van der Waals surface area contributed by atoms with Crippen LogP contribution in [0.15, 0.2) is 66.9 Å². The number of rotatable bonds is 7. The summed E-state index contributed by atoms with van der Waals surface area (Å²) >= 11 is 0.